The first-order chi connectivity index (χ1) is 13.1. The summed E-state index contributed by atoms with van der Waals surface area (Å²) in [5.41, 5.74) is 1.94. The molecule has 4 rings (SSSR count). The van der Waals surface area contributed by atoms with E-state index in [-0.39, 0.29) is 17.5 Å². The summed E-state index contributed by atoms with van der Waals surface area (Å²) in [6, 6.07) is 7.78. The second-order valence-corrected chi connectivity index (χ2v) is 8.69. The summed E-state index contributed by atoms with van der Waals surface area (Å²) < 4.78 is 18.6. The number of aryl methyl sites for hydroxylation is 1. The summed E-state index contributed by atoms with van der Waals surface area (Å²) in [5, 5.41) is 11.2. The summed E-state index contributed by atoms with van der Waals surface area (Å²) in [7, 11) is 0. The number of hydrogen-bond donors (Lipinski definition) is 1. The Morgan fingerprint density at radius 2 is 2.19 bits per heavy atom. The van der Waals surface area contributed by atoms with Crippen molar-refractivity contribution in [3.8, 4) is 10.8 Å². The van der Waals surface area contributed by atoms with Crippen LogP contribution < -0.4 is 5.32 Å². The van der Waals surface area contributed by atoms with Gasteiger partial charge in [-0.05, 0) is 61.1 Å². The molecule has 1 aromatic carbocycles. The Hall–Kier alpha value is -2.19. The second-order valence-electron chi connectivity index (χ2n) is 6.62. The predicted octanol–water partition coefficient (Wildman–Crippen LogP) is 4.79. The number of nitrogens with zero attached hydrogens (tertiary/aromatic N) is 2. The van der Waals surface area contributed by atoms with Gasteiger partial charge in [-0.3, -0.25) is 4.79 Å². The molecule has 1 N–H and O–H groups in total. The number of amides is 1. The molecule has 1 aliphatic carbocycles. The lowest BCUT2D eigenvalue weighted by molar-refractivity contribution is -0.113. The molecule has 2 aromatic heterocycles. The van der Waals surface area contributed by atoms with Crippen LogP contribution in [0.4, 0.5) is 10.1 Å². The molecule has 1 atom stereocenters. The fourth-order valence-electron chi connectivity index (χ4n) is 3.04. The zero-order valence-corrected chi connectivity index (χ0v) is 16.3. The highest BCUT2D eigenvalue weighted by atomic mass is 32.2. The number of thioether (sulfide) groups is 1. The van der Waals surface area contributed by atoms with Crippen LogP contribution in [0.15, 0.2) is 40.0 Å². The lowest BCUT2D eigenvalue weighted by Gasteiger charge is -2.16. The normalized spacial score (nSPS) is 16.1. The molecule has 5 nitrogen and oxygen atoms in total. The number of aromatic nitrogens is 2. The fourth-order valence-corrected chi connectivity index (χ4v) is 4.73. The van der Waals surface area contributed by atoms with Crippen LogP contribution in [0.5, 0.6) is 0 Å². The molecule has 0 spiro atoms. The van der Waals surface area contributed by atoms with Crippen LogP contribution in [0.3, 0.4) is 0 Å². The zero-order chi connectivity index (χ0) is 18.8. The monoisotopic (exact) mass is 403 g/mol. The fraction of sp³-hybridized carbons (Fsp3) is 0.316. The van der Waals surface area contributed by atoms with Crippen molar-refractivity contribution >= 4 is 34.7 Å². The summed E-state index contributed by atoms with van der Waals surface area (Å²) in [4.78, 5) is 14.4. The first-order valence-electron chi connectivity index (χ1n) is 8.70. The number of fused-ring (bicyclic) bond motifs is 1. The SMILES string of the molecule is C[C@@H]1CCc2sc(-c3nnc(SCC(=O)Nc4ccc(F)cc4)o3)cc2C1. The number of carbonyl (C=O) groups excluding carboxylic acids is 1. The van der Waals surface area contributed by atoms with Crippen molar-refractivity contribution in [3.05, 3.63) is 46.6 Å². The molecule has 140 valence electrons. The van der Waals surface area contributed by atoms with E-state index in [1.54, 1.807) is 11.3 Å². The highest BCUT2D eigenvalue weighted by molar-refractivity contribution is 7.99. The van der Waals surface area contributed by atoms with Gasteiger partial charge in [-0.15, -0.1) is 21.5 Å². The Morgan fingerprint density at radius 1 is 1.37 bits per heavy atom. The van der Waals surface area contributed by atoms with Crippen LogP contribution in [0.25, 0.3) is 10.8 Å². The van der Waals surface area contributed by atoms with Gasteiger partial charge in [-0.1, -0.05) is 18.7 Å². The first-order valence-corrected chi connectivity index (χ1v) is 10.5. The summed E-state index contributed by atoms with van der Waals surface area (Å²) in [6.45, 7) is 2.28. The molecular formula is C19H18FN3O2S2. The molecule has 0 unspecified atom stereocenters. The van der Waals surface area contributed by atoms with Crippen molar-refractivity contribution in [1.82, 2.24) is 10.2 Å². The molecule has 8 heteroatoms. The number of rotatable bonds is 5. The minimum Gasteiger partial charge on any atom is -0.410 e. The molecule has 0 bridgehead atoms. The van der Waals surface area contributed by atoms with Crippen molar-refractivity contribution in [1.29, 1.82) is 0 Å². The number of hydrogen-bond acceptors (Lipinski definition) is 6. The Morgan fingerprint density at radius 3 is 3.00 bits per heavy atom. The molecule has 0 saturated heterocycles. The number of halogens is 1. The van der Waals surface area contributed by atoms with Gasteiger partial charge in [0, 0.05) is 10.6 Å². The number of carbonyl (C=O) groups is 1. The van der Waals surface area contributed by atoms with Gasteiger partial charge in [-0.25, -0.2) is 4.39 Å². The Balaban J connectivity index is 1.35. The van der Waals surface area contributed by atoms with Gasteiger partial charge >= 0.3 is 0 Å². The van der Waals surface area contributed by atoms with E-state index in [0.29, 0.717) is 22.7 Å². The highest BCUT2D eigenvalue weighted by Gasteiger charge is 2.21. The lowest BCUT2D eigenvalue weighted by atomic mass is 9.90. The largest absolute Gasteiger partial charge is 0.410 e. The molecule has 0 radical (unpaired) electrons. The van der Waals surface area contributed by atoms with Gasteiger partial charge < -0.3 is 9.73 Å². The van der Waals surface area contributed by atoms with E-state index < -0.39 is 0 Å². The van der Waals surface area contributed by atoms with Crippen LogP contribution in [-0.2, 0) is 17.6 Å². The van der Waals surface area contributed by atoms with Crippen molar-refractivity contribution < 1.29 is 13.6 Å². The van der Waals surface area contributed by atoms with Crippen molar-refractivity contribution in [2.45, 2.75) is 31.4 Å². The van der Waals surface area contributed by atoms with Gasteiger partial charge in [0.2, 0.25) is 5.91 Å². The third kappa shape index (κ3) is 4.39. The standard InChI is InChI=1S/C19H18FN3O2S2/c1-11-2-7-15-12(8-11)9-16(27-15)18-22-23-19(25-18)26-10-17(24)21-14-5-3-13(20)4-6-14/h3-6,9,11H,2,7-8,10H2,1H3,(H,21,24)/t11-/m1/s1. The smallest absolute Gasteiger partial charge is 0.277 e. The average Bonchev–Trinajstić information content (AvgIpc) is 3.28. The number of benzene rings is 1. The molecule has 2 heterocycles. The zero-order valence-electron chi connectivity index (χ0n) is 14.7. The Kier molecular flexibility index (Phi) is 5.27. The third-order valence-corrected chi connectivity index (χ3v) is 6.44. The number of anilines is 1. The third-order valence-electron chi connectivity index (χ3n) is 4.40. The maximum absolute atomic E-state index is 12.9. The van der Waals surface area contributed by atoms with Crippen LogP contribution in [0.2, 0.25) is 0 Å². The van der Waals surface area contributed by atoms with E-state index >= 15 is 0 Å². The van der Waals surface area contributed by atoms with E-state index in [9.17, 15) is 9.18 Å². The molecule has 0 aliphatic heterocycles. The van der Waals surface area contributed by atoms with E-state index in [2.05, 4.69) is 28.5 Å². The van der Waals surface area contributed by atoms with Crippen LogP contribution >= 0.6 is 23.1 Å². The Labute approximate surface area is 164 Å². The number of nitrogens with one attached hydrogen (secondary N) is 1. The van der Waals surface area contributed by atoms with E-state index in [0.717, 1.165) is 17.7 Å². The molecule has 1 amide bonds. The van der Waals surface area contributed by atoms with Crippen LogP contribution in [0.1, 0.15) is 23.8 Å². The molecule has 0 saturated carbocycles. The van der Waals surface area contributed by atoms with E-state index in [1.807, 2.05) is 0 Å². The minimum atomic E-state index is -0.342. The number of thiophene rings is 1. The first kappa shape index (κ1) is 18.2. The highest BCUT2D eigenvalue weighted by Crippen LogP contribution is 2.37. The quantitative estimate of drug-likeness (QED) is 0.620. The van der Waals surface area contributed by atoms with Gasteiger partial charge in [0.1, 0.15) is 5.82 Å². The van der Waals surface area contributed by atoms with Crippen LogP contribution in [0, 0.1) is 11.7 Å². The van der Waals surface area contributed by atoms with Crippen molar-refractivity contribution in [2.75, 3.05) is 11.1 Å². The lowest BCUT2D eigenvalue weighted by Crippen LogP contribution is -2.13. The van der Waals surface area contributed by atoms with Crippen molar-refractivity contribution in [3.63, 3.8) is 0 Å². The molecule has 3 aromatic rings. The second kappa shape index (κ2) is 7.82. The van der Waals surface area contributed by atoms with Gasteiger partial charge in [0.05, 0.1) is 10.6 Å². The maximum Gasteiger partial charge on any atom is 0.277 e. The Bertz CT molecular complexity index is 952. The molecule has 0 fully saturated rings. The summed E-state index contributed by atoms with van der Waals surface area (Å²) in [6.07, 6.45) is 3.44. The topological polar surface area (TPSA) is 68.0 Å². The average molecular weight is 404 g/mol. The van der Waals surface area contributed by atoms with Crippen LogP contribution in [-0.4, -0.2) is 21.9 Å². The van der Waals surface area contributed by atoms with E-state index in [4.69, 9.17) is 4.42 Å². The predicted molar refractivity (Wildman–Crippen MR) is 105 cm³/mol. The minimum absolute atomic E-state index is 0.136. The van der Waals surface area contributed by atoms with Gasteiger partial charge in [0.25, 0.3) is 11.1 Å². The van der Waals surface area contributed by atoms with Gasteiger partial charge in [-0.2, -0.15) is 0 Å². The molecular weight excluding hydrogens is 385 g/mol. The summed E-state index contributed by atoms with van der Waals surface area (Å²) in [5.74, 6) is 0.798. The molecule has 1 aliphatic rings. The van der Waals surface area contributed by atoms with E-state index in [1.165, 1.54) is 52.9 Å². The molecule has 27 heavy (non-hydrogen) atoms. The van der Waals surface area contributed by atoms with Gasteiger partial charge in [0.15, 0.2) is 0 Å². The summed E-state index contributed by atoms with van der Waals surface area (Å²) >= 11 is 2.90. The van der Waals surface area contributed by atoms with Crippen molar-refractivity contribution in [2.24, 2.45) is 5.92 Å². The maximum atomic E-state index is 12.9.